The first-order valence-electron chi connectivity index (χ1n) is 10.7. The van der Waals surface area contributed by atoms with Gasteiger partial charge in [0.2, 0.25) is 5.91 Å². The Hall–Kier alpha value is -2.48. The minimum absolute atomic E-state index is 0.0742. The van der Waals surface area contributed by atoms with Crippen molar-refractivity contribution in [2.75, 3.05) is 19.7 Å². The van der Waals surface area contributed by atoms with E-state index >= 15 is 0 Å². The van der Waals surface area contributed by atoms with Gasteiger partial charge in [0.05, 0.1) is 23.4 Å². The van der Waals surface area contributed by atoms with Gasteiger partial charge in [-0.15, -0.1) is 0 Å². The van der Waals surface area contributed by atoms with Crippen LogP contribution >= 0.6 is 12.2 Å². The standard InChI is InChI=1S/C22H29N3O4S/c1-2-29-21(28)16-11-14-24(15-12-16)19(26)10-4-3-7-13-25-20(27)17-8-5-6-9-18(17)23-22(25)30/h5-6,8-9,16H,2-4,7,10-15H2,1H3,(H,23,30). The number of carbonyl (C=O) groups excluding carboxylic acids is 2. The van der Waals surface area contributed by atoms with Gasteiger partial charge in [0.15, 0.2) is 4.77 Å². The van der Waals surface area contributed by atoms with Crippen molar-refractivity contribution >= 4 is 35.0 Å². The fourth-order valence-electron chi connectivity index (χ4n) is 3.91. The Labute approximate surface area is 181 Å². The molecule has 0 bridgehead atoms. The van der Waals surface area contributed by atoms with E-state index in [9.17, 15) is 14.4 Å². The van der Waals surface area contributed by atoms with E-state index in [1.807, 2.05) is 23.1 Å². The molecule has 0 atom stereocenters. The predicted octanol–water partition coefficient (Wildman–Crippen LogP) is 3.42. The van der Waals surface area contributed by atoms with Gasteiger partial charge in [-0.05, 0) is 57.0 Å². The first-order valence-corrected chi connectivity index (χ1v) is 11.1. The molecule has 0 radical (unpaired) electrons. The monoisotopic (exact) mass is 431 g/mol. The third-order valence-electron chi connectivity index (χ3n) is 5.63. The minimum Gasteiger partial charge on any atom is -0.466 e. The van der Waals surface area contributed by atoms with Gasteiger partial charge in [0.25, 0.3) is 5.56 Å². The van der Waals surface area contributed by atoms with Crippen LogP contribution in [0.25, 0.3) is 10.9 Å². The molecule has 30 heavy (non-hydrogen) atoms. The zero-order chi connectivity index (χ0) is 21.5. The number of ether oxygens (including phenoxy) is 1. The first-order chi connectivity index (χ1) is 14.5. The molecule has 1 aliphatic rings. The number of rotatable bonds is 8. The second-order valence-corrected chi connectivity index (χ2v) is 8.04. The highest BCUT2D eigenvalue weighted by atomic mass is 32.1. The van der Waals surface area contributed by atoms with E-state index in [0.717, 1.165) is 24.8 Å². The van der Waals surface area contributed by atoms with E-state index < -0.39 is 0 Å². The molecule has 162 valence electrons. The lowest BCUT2D eigenvalue weighted by Crippen LogP contribution is -2.40. The van der Waals surface area contributed by atoms with Crippen molar-refractivity contribution in [1.82, 2.24) is 14.5 Å². The molecule has 1 aliphatic heterocycles. The van der Waals surface area contributed by atoms with Crippen LogP contribution in [0, 0.1) is 10.7 Å². The Morgan fingerprint density at radius 2 is 1.90 bits per heavy atom. The molecule has 2 aromatic rings. The largest absolute Gasteiger partial charge is 0.466 e. The Balaban J connectivity index is 1.41. The van der Waals surface area contributed by atoms with E-state index in [-0.39, 0.29) is 23.4 Å². The molecular weight excluding hydrogens is 402 g/mol. The average molecular weight is 432 g/mol. The Bertz CT molecular complexity index is 1010. The van der Waals surface area contributed by atoms with Crippen molar-refractivity contribution < 1.29 is 14.3 Å². The number of amides is 1. The molecule has 2 heterocycles. The van der Waals surface area contributed by atoms with Crippen LogP contribution in [0.3, 0.4) is 0 Å². The van der Waals surface area contributed by atoms with Crippen LogP contribution in [0.15, 0.2) is 29.1 Å². The average Bonchev–Trinajstić information content (AvgIpc) is 2.75. The second-order valence-electron chi connectivity index (χ2n) is 7.65. The fourth-order valence-corrected chi connectivity index (χ4v) is 4.19. The van der Waals surface area contributed by atoms with Crippen molar-refractivity contribution in [3.05, 3.63) is 39.4 Å². The molecular formula is C22H29N3O4S. The molecule has 1 aromatic carbocycles. The number of carbonyl (C=O) groups is 2. The molecule has 1 fully saturated rings. The Morgan fingerprint density at radius 3 is 2.63 bits per heavy atom. The van der Waals surface area contributed by atoms with Crippen LogP contribution in [-0.4, -0.2) is 46.0 Å². The van der Waals surface area contributed by atoms with Crippen LogP contribution in [0.1, 0.15) is 45.4 Å². The van der Waals surface area contributed by atoms with Gasteiger partial charge in [-0.25, -0.2) is 0 Å². The van der Waals surface area contributed by atoms with Crippen molar-refractivity contribution in [3.63, 3.8) is 0 Å². The van der Waals surface area contributed by atoms with E-state index in [1.54, 1.807) is 17.6 Å². The summed E-state index contributed by atoms with van der Waals surface area (Å²) in [6.45, 7) is 3.97. The number of nitrogens with zero attached hydrogens (tertiary/aromatic N) is 2. The number of nitrogens with one attached hydrogen (secondary N) is 1. The Morgan fingerprint density at radius 1 is 1.17 bits per heavy atom. The highest BCUT2D eigenvalue weighted by Crippen LogP contribution is 2.20. The topological polar surface area (TPSA) is 84.4 Å². The quantitative estimate of drug-likeness (QED) is 0.393. The maximum Gasteiger partial charge on any atom is 0.309 e. The van der Waals surface area contributed by atoms with Crippen molar-refractivity contribution in [2.24, 2.45) is 5.92 Å². The van der Waals surface area contributed by atoms with Crippen molar-refractivity contribution in [2.45, 2.75) is 52.0 Å². The molecule has 0 unspecified atom stereocenters. The zero-order valence-electron chi connectivity index (χ0n) is 17.4. The van der Waals surface area contributed by atoms with Crippen molar-refractivity contribution in [1.29, 1.82) is 0 Å². The molecule has 1 N–H and O–H groups in total. The number of hydrogen-bond acceptors (Lipinski definition) is 5. The summed E-state index contributed by atoms with van der Waals surface area (Å²) in [5.41, 5.74) is 0.677. The van der Waals surface area contributed by atoms with Gasteiger partial charge >= 0.3 is 5.97 Å². The summed E-state index contributed by atoms with van der Waals surface area (Å²) in [5.74, 6) is -0.0944. The summed E-state index contributed by atoms with van der Waals surface area (Å²) >= 11 is 5.33. The number of likely N-dealkylation sites (tertiary alicyclic amines) is 1. The van der Waals surface area contributed by atoms with Crippen LogP contribution in [-0.2, 0) is 20.9 Å². The van der Waals surface area contributed by atoms with Crippen LogP contribution in [0.5, 0.6) is 0 Å². The number of piperidine rings is 1. The maximum absolute atomic E-state index is 12.6. The molecule has 0 saturated carbocycles. The minimum atomic E-state index is -0.146. The number of benzene rings is 1. The number of unbranched alkanes of at least 4 members (excludes halogenated alkanes) is 2. The first kappa shape index (κ1) is 22.2. The SMILES string of the molecule is CCOC(=O)C1CCN(C(=O)CCCCCn2c(=S)[nH]c3ccccc3c2=O)CC1. The summed E-state index contributed by atoms with van der Waals surface area (Å²) in [7, 11) is 0. The molecule has 3 rings (SSSR count). The predicted molar refractivity (Wildman–Crippen MR) is 118 cm³/mol. The smallest absolute Gasteiger partial charge is 0.309 e. The molecule has 8 heteroatoms. The Kier molecular flexibility index (Phi) is 7.79. The molecule has 1 saturated heterocycles. The lowest BCUT2D eigenvalue weighted by molar-refractivity contribution is -0.151. The van der Waals surface area contributed by atoms with Crippen LogP contribution in [0.4, 0.5) is 0 Å². The molecule has 0 aliphatic carbocycles. The highest BCUT2D eigenvalue weighted by molar-refractivity contribution is 7.71. The van der Waals surface area contributed by atoms with E-state index in [1.165, 1.54) is 0 Å². The normalized spacial score (nSPS) is 14.8. The number of aromatic nitrogens is 2. The molecule has 0 spiro atoms. The third kappa shape index (κ3) is 5.36. The zero-order valence-corrected chi connectivity index (χ0v) is 18.2. The molecule has 1 amide bonds. The second kappa shape index (κ2) is 10.5. The van der Waals surface area contributed by atoms with Gasteiger partial charge in [0.1, 0.15) is 0 Å². The lowest BCUT2D eigenvalue weighted by Gasteiger charge is -2.31. The number of aromatic amines is 1. The van der Waals surface area contributed by atoms with E-state index in [2.05, 4.69) is 4.98 Å². The fraction of sp³-hybridized carbons (Fsp3) is 0.545. The van der Waals surface area contributed by atoms with E-state index in [4.69, 9.17) is 17.0 Å². The summed E-state index contributed by atoms with van der Waals surface area (Å²) in [6.07, 6.45) is 4.24. The van der Waals surface area contributed by atoms with Gasteiger partial charge in [0, 0.05) is 26.1 Å². The maximum atomic E-state index is 12.6. The number of fused-ring (bicyclic) bond motifs is 1. The lowest BCUT2D eigenvalue weighted by atomic mass is 9.96. The third-order valence-corrected chi connectivity index (χ3v) is 5.95. The van der Waals surface area contributed by atoms with Gasteiger partial charge in [-0.2, -0.15) is 0 Å². The number of H-pyrrole nitrogens is 1. The number of hydrogen-bond donors (Lipinski definition) is 1. The highest BCUT2D eigenvalue weighted by Gasteiger charge is 2.27. The van der Waals surface area contributed by atoms with Gasteiger partial charge in [-0.3, -0.25) is 19.0 Å². The van der Waals surface area contributed by atoms with Crippen LogP contribution in [0.2, 0.25) is 0 Å². The summed E-state index contributed by atoms with van der Waals surface area (Å²) in [4.78, 5) is 41.8. The van der Waals surface area contributed by atoms with Crippen molar-refractivity contribution in [3.8, 4) is 0 Å². The summed E-state index contributed by atoms with van der Waals surface area (Å²) in [6, 6.07) is 7.35. The number of para-hydroxylation sites is 1. The summed E-state index contributed by atoms with van der Waals surface area (Å²) < 4.78 is 7.10. The number of esters is 1. The van der Waals surface area contributed by atoms with E-state index in [0.29, 0.717) is 55.7 Å². The van der Waals surface area contributed by atoms with Gasteiger partial charge < -0.3 is 14.6 Å². The summed E-state index contributed by atoms with van der Waals surface area (Å²) in [5, 5.41) is 0.632. The molecule has 1 aromatic heterocycles. The van der Waals surface area contributed by atoms with Gasteiger partial charge in [-0.1, -0.05) is 18.6 Å². The molecule has 7 nitrogen and oxygen atoms in total. The van der Waals surface area contributed by atoms with Crippen LogP contribution < -0.4 is 5.56 Å².